The van der Waals surface area contributed by atoms with Crippen molar-refractivity contribution in [3.8, 4) is 0 Å². The smallest absolute Gasteiger partial charge is 0.0947 e. The second kappa shape index (κ2) is 4.96. The van der Waals surface area contributed by atoms with E-state index in [4.69, 9.17) is 4.42 Å². The van der Waals surface area contributed by atoms with Crippen molar-refractivity contribution in [3.05, 3.63) is 45.0 Å². The average molecular weight is 286 g/mol. The largest absolute Gasteiger partial charge is 0.472 e. The molecule has 0 unspecified atom stereocenters. The minimum absolute atomic E-state index is 0.923. The summed E-state index contributed by atoms with van der Waals surface area (Å²) in [6.07, 6.45) is 3.51. The molecule has 0 radical (unpaired) electrons. The Labute approximate surface area is 102 Å². The van der Waals surface area contributed by atoms with Crippen molar-refractivity contribution in [1.29, 1.82) is 0 Å². The van der Waals surface area contributed by atoms with E-state index in [9.17, 15) is 0 Å². The molecule has 0 spiro atoms. The minimum Gasteiger partial charge on any atom is -0.472 e. The number of thiophene rings is 1. The molecule has 2 heterocycles. The first kappa shape index (κ1) is 10.9. The maximum atomic E-state index is 5.04. The number of rotatable bonds is 4. The molecule has 0 saturated heterocycles. The van der Waals surface area contributed by atoms with Crippen LogP contribution in [0, 0.1) is 0 Å². The first-order valence-corrected chi connectivity index (χ1v) is 6.34. The van der Waals surface area contributed by atoms with Crippen LogP contribution < -0.4 is 0 Å². The van der Waals surface area contributed by atoms with E-state index in [1.54, 1.807) is 23.9 Å². The van der Waals surface area contributed by atoms with Gasteiger partial charge >= 0.3 is 0 Å². The predicted octanol–water partition coefficient (Wildman–Crippen LogP) is 3.74. The number of furan rings is 1. The zero-order chi connectivity index (χ0) is 10.7. The van der Waals surface area contributed by atoms with E-state index in [0.29, 0.717) is 0 Å². The first-order valence-electron chi connectivity index (χ1n) is 4.66. The van der Waals surface area contributed by atoms with Crippen LogP contribution in [0.2, 0.25) is 0 Å². The molecule has 0 aromatic carbocycles. The molecule has 2 rings (SSSR count). The third kappa shape index (κ3) is 3.19. The lowest BCUT2D eigenvalue weighted by atomic mass is 10.3. The van der Waals surface area contributed by atoms with E-state index >= 15 is 0 Å². The molecule has 15 heavy (non-hydrogen) atoms. The molecule has 80 valence electrons. The van der Waals surface area contributed by atoms with E-state index in [-0.39, 0.29) is 0 Å². The quantitative estimate of drug-likeness (QED) is 0.851. The molecule has 2 nitrogen and oxygen atoms in total. The Morgan fingerprint density at radius 3 is 2.93 bits per heavy atom. The second-order valence-electron chi connectivity index (χ2n) is 3.54. The SMILES string of the molecule is CN(Cc1ccoc1)Cc1cc(Br)cs1. The van der Waals surface area contributed by atoms with Gasteiger partial charge < -0.3 is 4.42 Å². The molecular formula is C11H12BrNOS. The highest BCUT2D eigenvalue weighted by molar-refractivity contribution is 9.10. The van der Waals surface area contributed by atoms with Gasteiger partial charge in [-0.2, -0.15) is 0 Å². The van der Waals surface area contributed by atoms with Gasteiger partial charge in [-0.3, -0.25) is 4.90 Å². The first-order chi connectivity index (χ1) is 7.24. The lowest BCUT2D eigenvalue weighted by Gasteiger charge is -2.13. The molecule has 0 amide bonds. The highest BCUT2D eigenvalue weighted by Gasteiger charge is 2.04. The summed E-state index contributed by atoms with van der Waals surface area (Å²) in [5.74, 6) is 0. The van der Waals surface area contributed by atoms with E-state index in [0.717, 1.165) is 13.1 Å². The highest BCUT2D eigenvalue weighted by atomic mass is 79.9. The fraction of sp³-hybridized carbons (Fsp3) is 0.273. The molecule has 0 fully saturated rings. The molecule has 4 heteroatoms. The van der Waals surface area contributed by atoms with Gasteiger partial charge in [-0.05, 0) is 35.1 Å². The van der Waals surface area contributed by atoms with Gasteiger partial charge in [0.2, 0.25) is 0 Å². The van der Waals surface area contributed by atoms with E-state index < -0.39 is 0 Å². The van der Waals surface area contributed by atoms with Gasteiger partial charge in [-0.15, -0.1) is 11.3 Å². The molecular weight excluding hydrogens is 274 g/mol. The number of hydrogen-bond donors (Lipinski definition) is 0. The normalized spacial score (nSPS) is 11.1. The van der Waals surface area contributed by atoms with Crippen molar-refractivity contribution in [3.63, 3.8) is 0 Å². The van der Waals surface area contributed by atoms with Gasteiger partial charge in [0.15, 0.2) is 0 Å². The lowest BCUT2D eigenvalue weighted by molar-refractivity contribution is 0.320. The lowest BCUT2D eigenvalue weighted by Crippen LogP contribution is -2.15. The van der Waals surface area contributed by atoms with Crippen LogP contribution >= 0.6 is 27.3 Å². The number of nitrogens with zero attached hydrogens (tertiary/aromatic N) is 1. The summed E-state index contributed by atoms with van der Waals surface area (Å²) < 4.78 is 6.20. The van der Waals surface area contributed by atoms with Crippen molar-refractivity contribution in [2.24, 2.45) is 0 Å². The van der Waals surface area contributed by atoms with Crippen LogP contribution in [-0.4, -0.2) is 11.9 Å². The van der Waals surface area contributed by atoms with Crippen molar-refractivity contribution in [2.45, 2.75) is 13.1 Å². The van der Waals surface area contributed by atoms with Gasteiger partial charge in [0, 0.05) is 33.4 Å². The summed E-state index contributed by atoms with van der Waals surface area (Å²) in [5, 5.41) is 2.11. The van der Waals surface area contributed by atoms with Gasteiger partial charge in [-0.25, -0.2) is 0 Å². The fourth-order valence-electron chi connectivity index (χ4n) is 1.45. The summed E-state index contributed by atoms with van der Waals surface area (Å²) in [5.41, 5.74) is 1.22. The fourth-order valence-corrected chi connectivity index (χ4v) is 2.98. The van der Waals surface area contributed by atoms with Gasteiger partial charge in [0.25, 0.3) is 0 Å². The van der Waals surface area contributed by atoms with Crippen molar-refractivity contribution in [1.82, 2.24) is 4.90 Å². The summed E-state index contributed by atoms with van der Waals surface area (Å²) >= 11 is 5.24. The zero-order valence-corrected chi connectivity index (χ0v) is 10.8. The highest BCUT2D eigenvalue weighted by Crippen LogP contribution is 2.21. The maximum absolute atomic E-state index is 5.04. The maximum Gasteiger partial charge on any atom is 0.0947 e. The monoisotopic (exact) mass is 285 g/mol. The Morgan fingerprint density at radius 1 is 1.47 bits per heavy atom. The Hall–Kier alpha value is -0.580. The topological polar surface area (TPSA) is 16.4 Å². The molecule has 0 saturated carbocycles. The summed E-state index contributed by atoms with van der Waals surface area (Å²) in [4.78, 5) is 3.64. The molecule has 0 aliphatic rings. The predicted molar refractivity (Wildman–Crippen MR) is 65.9 cm³/mol. The molecule has 2 aromatic rings. The average Bonchev–Trinajstić information content (AvgIpc) is 2.77. The van der Waals surface area contributed by atoms with Crippen LogP contribution in [-0.2, 0) is 13.1 Å². The summed E-state index contributed by atoms with van der Waals surface area (Å²) in [6.45, 7) is 1.90. The molecule has 0 aliphatic heterocycles. The van der Waals surface area contributed by atoms with E-state index in [1.165, 1.54) is 14.9 Å². The van der Waals surface area contributed by atoms with Gasteiger partial charge in [0.1, 0.15) is 0 Å². The van der Waals surface area contributed by atoms with E-state index in [2.05, 4.69) is 39.3 Å². The Bertz CT molecular complexity index is 410. The molecule has 0 N–H and O–H groups in total. The van der Waals surface area contributed by atoms with Gasteiger partial charge in [0.05, 0.1) is 12.5 Å². The molecule has 0 aliphatic carbocycles. The molecule has 0 bridgehead atoms. The molecule has 0 atom stereocenters. The third-order valence-corrected chi connectivity index (χ3v) is 3.76. The number of halogens is 1. The molecule has 2 aromatic heterocycles. The van der Waals surface area contributed by atoms with Gasteiger partial charge in [-0.1, -0.05) is 0 Å². The standard InChI is InChI=1S/C11H12BrNOS/c1-13(5-9-2-3-14-7-9)6-11-4-10(12)8-15-11/h2-4,7-8H,5-6H2,1H3. The Kier molecular flexibility index (Phi) is 3.61. The third-order valence-electron chi connectivity index (χ3n) is 2.08. The summed E-state index contributed by atoms with van der Waals surface area (Å²) in [6, 6.07) is 4.16. The summed E-state index contributed by atoms with van der Waals surface area (Å²) in [7, 11) is 2.11. The zero-order valence-electron chi connectivity index (χ0n) is 8.44. The van der Waals surface area contributed by atoms with Crippen LogP contribution in [0.4, 0.5) is 0 Å². The Balaban J connectivity index is 1.90. The second-order valence-corrected chi connectivity index (χ2v) is 5.45. The van der Waals surface area contributed by atoms with Crippen molar-refractivity contribution in [2.75, 3.05) is 7.05 Å². The Morgan fingerprint density at radius 2 is 2.33 bits per heavy atom. The number of hydrogen-bond acceptors (Lipinski definition) is 3. The van der Waals surface area contributed by atoms with Crippen molar-refractivity contribution >= 4 is 27.3 Å². The van der Waals surface area contributed by atoms with Crippen LogP contribution in [0.25, 0.3) is 0 Å². The van der Waals surface area contributed by atoms with Crippen LogP contribution in [0.15, 0.2) is 38.9 Å². The van der Waals surface area contributed by atoms with Crippen LogP contribution in [0.3, 0.4) is 0 Å². The minimum atomic E-state index is 0.923. The van der Waals surface area contributed by atoms with Crippen LogP contribution in [0.1, 0.15) is 10.4 Å². The van der Waals surface area contributed by atoms with E-state index in [1.807, 2.05) is 6.07 Å². The van der Waals surface area contributed by atoms with Crippen molar-refractivity contribution < 1.29 is 4.42 Å². The van der Waals surface area contributed by atoms with Crippen LogP contribution in [0.5, 0.6) is 0 Å².